The minimum absolute atomic E-state index is 0.0610. The predicted octanol–water partition coefficient (Wildman–Crippen LogP) is 4.60. The van der Waals surface area contributed by atoms with Gasteiger partial charge in [-0.15, -0.1) is 0 Å². The fourth-order valence-electron chi connectivity index (χ4n) is 2.82. The number of oxazole rings is 1. The molecule has 5 nitrogen and oxygen atoms in total. The van der Waals surface area contributed by atoms with E-state index in [2.05, 4.69) is 4.98 Å². The molecule has 0 amide bonds. The molecule has 0 aliphatic carbocycles. The van der Waals surface area contributed by atoms with E-state index in [0.29, 0.717) is 5.56 Å². The number of carbonyl (C=O) groups excluding carboxylic acids is 2. The lowest BCUT2D eigenvalue weighted by molar-refractivity contribution is -0.142. The van der Waals surface area contributed by atoms with Crippen molar-refractivity contribution < 1.29 is 27.5 Å². The van der Waals surface area contributed by atoms with Crippen molar-refractivity contribution in [3.63, 3.8) is 0 Å². The second-order valence-corrected chi connectivity index (χ2v) is 6.62. The molecular formula is C22H19F2NO4. The lowest BCUT2D eigenvalue weighted by atomic mass is 10.0. The smallest absolute Gasteiger partial charge is 0.306 e. The lowest BCUT2D eigenvalue weighted by Crippen LogP contribution is -2.15. The summed E-state index contributed by atoms with van der Waals surface area (Å²) in [6.07, 6.45) is 1.19. The average molecular weight is 399 g/mol. The zero-order chi connectivity index (χ0) is 21.0. The Balaban J connectivity index is 1.54. The van der Waals surface area contributed by atoms with Gasteiger partial charge in [0.25, 0.3) is 0 Å². The van der Waals surface area contributed by atoms with Gasteiger partial charge in [0, 0.05) is 12.0 Å². The van der Waals surface area contributed by atoms with E-state index in [1.807, 2.05) is 26.0 Å². The Labute approximate surface area is 166 Å². The first kappa shape index (κ1) is 20.4. The van der Waals surface area contributed by atoms with Crippen LogP contribution in [-0.2, 0) is 16.0 Å². The Kier molecular flexibility index (Phi) is 6.16. The van der Waals surface area contributed by atoms with Crippen LogP contribution < -0.4 is 0 Å². The van der Waals surface area contributed by atoms with Gasteiger partial charge in [-0.1, -0.05) is 23.8 Å². The molecule has 7 heteroatoms. The summed E-state index contributed by atoms with van der Waals surface area (Å²) < 4.78 is 38.0. The number of Topliss-reactive ketones (excluding diaryl/α,β-unsaturated/α-hetero) is 1. The zero-order valence-corrected chi connectivity index (χ0v) is 16.0. The molecule has 0 atom stereocenters. The van der Waals surface area contributed by atoms with E-state index in [0.717, 1.165) is 23.3 Å². The van der Waals surface area contributed by atoms with Crippen molar-refractivity contribution in [2.24, 2.45) is 0 Å². The molecule has 0 saturated heterocycles. The van der Waals surface area contributed by atoms with E-state index in [9.17, 15) is 18.4 Å². The van der Waals surface area contributed by atoms with Crippen molar-refractivity contribution in [2.45, 2.75) is 26.7 Å². The van der Waals surface area contributed by atoms with Crippen molar-refractivity contribution in [3.05, 3.63) is 76.8 Å². The van der Waals surface area contributed by atoms with Crippen LogP contribution in [0.15, 0.2) is 47.0 Å². The SMILES string of the molecule is Cc1ccc(C)c(C(=O)COC(=O)CCc2ncc(-c3c(F)cccc3F)o2)c1. The van der Waals surface area contributed by atoms with Crippen LogP contribution in [0.2, 0.25) is 0 Å². The molecule has 0 saturated carbocycles. The van der Waals surface area contributed by atoms with Gasteiger partial charge in [0.15, 0.2) is 18.3 Å². The number of carbonyl (C=O) groups is 2. The quantitative estimate of drug-likeness (QED) is 0.429. The number of ketones is 1. The van der Waals surface area contributed by atoms with Gasteiger partial charge in [-0.2, -0.15) is 0 Å². The number of hydrogen-bond acceptors (Lipinski definition) is 5. The molecule has 29 heavy (non-hydrogen) atoms. The Hall–Kier alpha value is -3.35. The summed E-state index contributed by atoms with van der Waals surface area (Å²) in [5.41, 5.74) is 1.95. The fourth-order valence-corrected chi connectivity index (χ4v) is 2.82. The number of hydrogen-bond donors (Lipinski definition) is 0. The Bertz CT molecular complexity index is 1040. The van der Waals surface area contributed by atoms with Gasteiger partial charge in [-0.05, 0) is 37.6 Å². The van der Waals surface area contributed by atoms with E-state index in [4.69, 9.17) is 9.15 Å². The van der Waals surface area contributed by atoms with Crippen molar-refractivity contribution in [2.75, 3.05) is 6.61 Å². The Morgan fingerprint density at radius 3 is 2.55 bits per heavy atom. The molecule has 2 aromatic carbocycles. The van der Waals surface area contributed by atoms with Gasteiger partial charge in [0.05, 0.1) is 18.2 Å². The van der Waals surface area contributed by atoms with Crippen LogP contribution in [0.3, 0.4) is 0 Å². The maximum absolute atomic E-state index is 13.8. The topological polar surface area (TPSA) is 69.4 Å². The van der Waals surface area contributed by atoms with Crippen LogP contribution in [0, 0.1) is 25.5 Å². The number of esters is 1. The molecule has 0 aliphatic heterocycles. The number of ether oxygens (including phenoxy) is 1. The number of aryl methyl sites for hydroxylation is 3. The summed E-state index contributed by atoms with van der Waals surface area (Å²) in [5.74, 6) is -2.34. The van der Waals surface area contributed by atoms with Crippen LogP contribution >= 0.6 is 0 Å². The Morgan fingerprint density at radius 2 is 1.83 bits per heavy atom. The van der Waals surface area contributed by atoms with Crippen LogP contribution in [0.4, 0.5) is 8.78 Å². The normalized spacial score (nSPS) is 10.8. The highest BCUT2D eigenvalue weighted by Crippen LogP contribution is 2.26. The van der Waals surface area contributed by atoms with Crippen molar-refractivity contribution in [1.29, 1.82) is 0 Å². The summed E-state index contributed by atoms with van der Waals surface area (Å²) >= 11 is 0. The molecule has 0 N–H and O–H groups in total. The van der Waals surface area contributed by atoms with Crippen LogP contribution in [0.5, 0.6) is 0 Å². The van der Waals surface area contributed by atoms with Crippen molar-refractivity contribution >= 4 is 11.8 Å². The largest absolute Gasteiger partial charge is 0.457 e. The first-order valence-corrected chi connectivity index (χ1v) is 9.00. The average Bonchev–Trinajstić information content (AvgIpc) is 3.14. The summed E-state index contributed by atoms with van der Waals surface area (Å²) in [6.45, 7) is 3.33. The number of rotatable bonds is 7. The third-order valence-electron chi connectivity index (χ3n) is 4.36. The zero-order valence-electron chi connectivity index (χ0n) is 16.0. The molecule has 0 fully saturated rings. The van der Waals surface area contributed by atoms with E-state index in [-0.39, 0.29) is 42.4 Å². The molecular weight excluding hydrogens is 380 g/mol. The van der Waals surface area contributed by atoms with E-state index in [1.54, 1.807) is 6.07 Å². The molecule has 3 rings (SSSR count). The third-order valence-corrected chi connectivity index (χ3v) is 4.36. The highest BCUT2D eigenvalue weighted by molar-refractivity contribution is 5.99. The minimum atomic E-state index is -0.767. The molecule has 0 bridgehead atoms. The maximum atomic E-state index is 13.8. The minimum Gasteiger partial charge on any atom is -0.457 e. The number of nitrogens with zero attached hydrogens (tertiary/aromatic N) is 1. The monoisotopic (exact) mass is 399 g/mol. The molecule has 0 spiro atoms. The first-order valence-electron chi connectivity index (χ1n) is 9.00. The van der Waals surface area contributed by atoms with Crippen LogP contribution in [0.1, 0.15) is 33.8 Å². The summed E-state index contributed by atoms with van der Waals surface area (Å²) in [4.78, 5) is 28.1. The Morgan fingerprint density at radius 1 is 1.10 bits per heavy atom. The van der Waals surface area contributed by atoms with Gasteiger partial charge < -0.3 is 9.15 Å². The standard InChI is InChI=1S/C22H19F2NO4/c1-13-6-7-14(2)15(10-13)18(26)12-28-21(27)9-8-20-25-11-19(29-20)22-16(23)4-3-5-17(22)24/h3-7,10-11H,8-9,12H2,1-2H3. The predicted molar refractivity (Wildman–Crippen MR) is 101 cm³/mol. The van der Waals surface area contributed by atoms with Crippen molar-refractivity contribution in [1.82, 2.24) is 4.98 Å². The van der Waals surface area contributed by atoms with Crippen LogP contribution in [0.25, 0.3) is 11.3 Å². The van der Waals surface area contributed by atoms with Gasteiger partial charge in [0.1, 0.15) is 11.6 Å². The molecule has 0 aliphatic rings. The van der Waals surface area contributed by atoms with Gasteiger partial charge in [-0.25, -0.2) is 13.8 Å². The van der Waals surface area contributed by atoms with E-state index in [1.165, 1.54) is 12.3 Å². The number of halogens is 2. The van der Waals surface area contributed by atoms with Gasteiger partial charge in [-0.3, -0.25) is 9.59 Å². The number of benzene rings is 2. The number of aromatic nitrogens is 1. The van der Waals surface area contributed by atoms with Crippen LogP contribution in [-0.4, -0.2) is 23.3 Å². The highest BCUT2D eigenvalue weighted by atomic mass is 19.1. The van der Waals surface area contributed by atoms with E-state index >= 15 is 0 Å². The highest BCUT2D eigenvalue weighted by Gasteiger charge is 2.17. The van der Waals surface area contributed by atoms with E-state index < -0.39 is 17.6 Å². The molecule has 1 aromatic heterocycles. The molecule has 150 valence electrons. The molecule has 0 radical (unpaired) electrons. The first-order chi connectivity index (χ1) is 13.8. The third kappa shape index (κ3) is 4.93. The second-order valence-electron chi connectivity index (χ2n) is 6.62. The van der Waals surface area contributed by atoms with Crippen molar-refractivity contribution in [3.8, 4) is 11.3 Å². The summed E-state index contributed by atoms with van der Waals surface area (Å²) in [7, 11) is 0. The van der Waals surface area contributed by atoms with Gasteiger partial charge in [0.2, 0.25) is 5.78 Å². The molecule has 0 unspecified atom stereocenters. The molecule has 3 aromatic rings. The molecule has 1 heterocycles. The van der Waals surface area contributed by atoms with Gasteiger partial charge >= 0.3 is 5.97 Å². The maximum Gasteiger partial charge on any atom is 0.306 e. The summed E-state index contributed by atoms with van der Waals surface area (Å²) in [6, 6.07) is 8.97. The summed E-state index contributed by atoms with van der Waals surface area (Å²) in [5, 5.41) is 0. The fraction of sp³-hybridized carbons (Fsp3) is 0.227. The second kappa shape index (κ2) is 8.77. The lowest BCUT2D eigenvalue weighted by Gasteiger charge is -2.07.